The van der Waals surface area contributed by atoms with E-state index < -0.39 is 0 Å². The molecule has 1 amide bonds. The Morgan fingerprint density at radius 2 is 1.94 bits per heavy atom. The lowest BCUT2D eigenvalue weighted by Crippen LogP contribution is -2.48. The van der Waals surface area contributed by atoms with Crippen LogP contribution >= 0.6 is 0 Å². The number of nitrogens with one attached hydrogen (secondary N) is 1. The van der Waals surface area contributed by atoms with Crippen molar-refractivity contribution in [2.24, 2.45) is 0 Å². The van der Waals surface area contributed by atoms with Gasteiger partial charge in [0.05, 0.1) is 6.61 Å². The number of ether oxygens (including phenoxy) is 1. The van der Waals surface area contributed by atoms with Gasteiger partial charge in [0.25, 0.3) is 0 Å². The summed E-state index contributed by atoms with van der Waals surface area (Å²) in [6, 6.07) is 0. The molecular weight excluding hydrogens is 218 g/mol. The van der Waals surface area contributed by atoms with Crippen LogP contribution in [-0.2, 0) is 9.53 Å². The van der Waals surface area contributed by atoms with Gasteiger partial charge in [-0.15, -0.1) is 0 Å². The fraction of sp³-hybridized carbons (Fsp3) is 0.917. The molecule has 17 heavy (non-hydrogen) atoms. The van der Waals surface area contributed by atoms with Gasteiger partial charge in [0.2, 0.25) is 5.91 Å². The van der Waals surface area contributed by atoms with E-state index >= 15 is 0 Å². The van der Waals surface area contributed by atoms with Crippen molar-refractivity contribution in [1.82, 2.24) is 15.1 Å². The van der Waals surface area contributed by atoms with Crippen LogP contribution in [0.2, 0.25) is 0 Å². The Kier molecular flexibility index (Phi) is 7.16. The summed E-state index contributed by atoms with van der Waals surface area (Å²) in [6.45, 7) is 8.37. The van der Waals surface area contributed by atoms with Gasteiger partial charge >= 0.3 is 0 Å². The maximum atomic E-state index is 11.8. The van der Waals surface area contributed by atoms with Crippen LogP contribution < -0.4 is 5.32 Å². The number of amides is 1. The number of hydrogen-bond acceptors (Lipinski definition) is 4. The molecule has 1 N–H and O–H groups in total. The Hall–Kier alpha value is -0.650. The highest BCUT2D eigenvalue weighted by molar-refractivity contribution is 5.77. The molecule has 0 aromatic heterocycles. The van der Waals surface area contributed by atoms with Crippen molar-refractivity contribution < 1.29 is 9.53 Å². The van der Waals surface area contributed by atoms with Crippen LogP contribution in [0.5, 0.6) is 0 Å². The van der Waals surface area contributed by atoms with Gasteiger partial charge in [-0.25, -0.2) is 0 Å². The van der Waals surface area contributed by atoms with Gasteiger partial charge in [-0.3, -0.25) is 4.79 Å². The minimum Gasteiger partial charge on any atom is -0.370 e. The summed E-state index contributed by atoms with van der Waals surface area (Å²) < 4.78 is 5.35. The molecule has 0 aromatic rings. The van der Waals surface area contributed by atoms with Crippen molar-refractivity contribution in [2.75, 3.05) is 59.5 Å². The zero-order valence-corrected chi connectivity index (χ0v) is 11.1. The monoisotopic (exact) mass is 243 g/mol. The van der Waals surface area contributed by atoms with Gasteiger partial charge in [0, 0.05) is 32.7 Å². The number of piperazine rings is 1. The van der Waals surface area contributed by atoms with E-state index in [0.29, 0.717) is 6.61 Å². The lowest BCUT2D eigenvalue weighted by molar-refractivity contribution is -0.137. The van der Waals surface area contributed by atoms with Gasteiger partial charge in [-0.05, 0) is 20.0 Å². The SMILES string of the molecule is CCCNCCOCC(=O)N1CCN(C)CC1. The maximum absolute atomic E-state index is 11.8. The van der Waals surface area contributed by atoms with Crippen molar-refractivity contribution in [2.45, 2.75) is 13.3 Å². The fourth-order valence-corrected chi connectivity index (χ4v) is 1.75. The molecule has 1 fully saturated rings. The Morgan fingerprint density at radius 3 is 2.59 bits per heavy atom. The molecule has 100 valence electrons. The molecule has 5 heteroatoms. The number of nitrogens with zero attached hydrogens (tertiary/aromatic N) is 2. The number of likely N-dealkylation sites (N-methyl/N-ethyl adjacent to an activating group) is 1. The molecule has 0 saturated carbocycles. The normalized spacial score (nSPS) is 17.4. The van der Waals surface area contributed by atoms with Crippen LogP contribution in [0, 0.1) is 0 Å². The summed E-state index contributed by atoms with van der Waals surface area (Å²) in [5.74, 6) is 0.119. The molecule has 0 unspecified atom stereocenters. The van der Waals surface area contributed by atoms with E-state index in [1.165, 1.54) is 0 Å². The highest BCUT2D eigenvalue weighted by Crippen LogP contribution is 1.99. The molecule has 0 atom stereocenters. The van der Waals surface area contributed by atoms with Crippen molar-refractivity contribution in [3.8, 4) is 0 Å². The van der Waals surface area contributed by atoms with E-state index in [1.54, 1.807) is 0 Å². The third-order valence-electron chi connectivity index (χ3n) is 2.93. The molecule has 1 saturated heterocycles. The van der Waals surface area contributed by atoms with Gasteiger partial charge < -0.3 is 19.9 Å². The minimum absolute atomic E-state index is 0.119. The quantitative estimate of drug-likeness (QED) is 0.628. The van der Waals surface area contributed by atoms with Crippen LogP contribution in [0.25, 0.3) is 0 Å². The topological polar surface area (TPSA) is 44.8 Å². The number of rotatable bonds is 7. The number of hydrogen-bond donors (Lipinski definition) is 1. The summed E-state index contributed by atoms with van der Waals surface area (Å²) >= 11 is 0. The lowest BCUT2D eigenvalue weighted by Gasteiger charge is -2.32. The van der Waals surface area contributed by atoms with Crippen LogP contribution in [0.15, 0.2) is 0 Å². The summed E-state index contributed by atoms with van der Waals surface area (Å²) in [4.78, 5) is 15.9. The largest absolute Gasteiger partial charge is 0.370 e. The molecular formula is C12H25N3O2. The van der Waals surface area contributed by atoms with Crippen molar-refractivity contribution in [3.63, 3.8) is 0 Å². The summed E-state index contributed by atoms with van der Waals surface area (Å²) in [5, 5.41) is 3.24. The van der Waals surface area contributed by atoms with Crippen molar-refractivity contribution >= 4 is 5.91 Å². The maximum Gasteiger partial charge on any atom is 0.248 e. The summed E-state index contributed by atoms with van der Waals surface area (Å²) in [7, 11) is 2.08. The van der Waals surface area contributed by atoms with Gasteiger partial charge in [-0.1, -0.05) is 6.92 Å². The average Bonchev–Trinajstić information content (AvgIpc) is 2.34. The fourth-order valence-electron chi connectivity index (χ4n) is 1.75. The molecule has 0 radical (unpaired) electrons. The summed E-state index contributed by atoms with van der Waals surface area (Å²) in [5.41, 5.74) is 0. The molecule has 1 rings (SSSR count). The van der Waals surface area contributed by atoms with Crippen LogP contribution in [0.3, 0.4) is 0 Å². The zero-order valence-electron chi connectivity index (χ0n) is 11.1. The average molecular weight is 243 g/mol. The second-order valence-electron chi connectivity index (χ2n) is 4.49. The first-order valence-electron chi connectivity index (χ1n) is 6.48. The Labute approximate surface area is 104 Å². The van der Waals surface area contributed by atoms with E-state index in [4.69, 9.17) is 4.74 Å². The predicted octanol–water partition coefficient (Wildman–Crippen LogP) is -0.223. The van der Waals surface area contributed by atoms with Crippen LogP contribution in [0.4, 0.5) is 0 Å². The molecule has 1 heterocycles. The number of carbonyl (C=O) groups is 1. The predicted molar refractivity (Wildman–Crippen MR) is 68.1 cm³/mol. The molecule has 0 bridgehead atoms. The first-order valence-corrected chi connectivity index (χ1v) is 6.48. The van der Waals surface area contributed by atoms with E-state index in [0.717, 1.165) is 45.7 Å². The van der Waals surface area contributed by atoms with Gasteiger partial charge in [0.1, 0.15) is 6.61 Å². The van der Waals surface area contributed by atoms with E-state index in [-0.39, 0.29) is 12.5 Å². The minimum atomic E-state index is 0.119. The Morgan fingerprint density at radius 1 is 1.24 bits per heavy atom. The smallest absolute Gasteiger partial charge is 0.248 e. The highest BCUT2D eigenvalue weighted by atomic mass is 16.5. The summed E-state index contributed by atoms with van der Waals surface area (Å²) in [6.07, 6.45) is 1.13. The first kappa shape index (κ1) is 14.4. The molecule has 0 aromatic carbocycles. The third-order valence-corrected chi connectivity index (χ3v) is 2.93. The van der Waals surface area contributed by atoms with Gasteiger partial charge in [-0.2, -0.15) is 0 Å². The molecule has 0 spiro atoms. The van der Waals surface area contributed by atoms with Crippen LogP contribution in [0.1, 0.15) is 13.3 Å². The first-order chi connectivity index (χ1) is 8.24. The van der Waals surface area contributed by atoms with E-state index in [2.05, 4.69) is 24.2 Å². The standard InChI is InChI=1S/C12H25N3O2/c1-3-4-13-5-10-17-11-12(16)15-8-6-14(2)7-9-15/h13H,3-11H2,1-2H3. The Bertz CT molecular complexity index is 216. The van der Waals surface area contributed by atoms with Crippen molar-refractivity contribution in [3.05, 3.63) is 0 Å². The van der Waals surface area contributed by atoms with Crippen molar-refractivity contribution in [1.29, 1.82) is 0 Å². The van der Waals surface area contributed by atoms with Crippen LogP contribution in [-0.4, -0.2) is 75.2 Å². The molecule has 5 nitrogen and oxygen atoms in total. The second kappa shape index (κ2) is 8.44. The third kappa shape index (κ3) is 6.00. The zero-order chi connectivity index (χ0) is 12.5. The lowest BCUT2D eigenvalue weighted by atomic mass is 10.3. The molecule has 0 aliphatic carbocycles. The molecule has 1 aliphatic heterocycles. The highest BCUT2D eigenvalue weighted by Gasteiger charge is 2.18. The second-order valence-corrected chi connectivity index (χ2v) is 4.49. The Balaban J connectivity index is 2.01. The van der Waals surface area contributed by atoms with E-state index in [9.17, 15) is 4.79 Å². The van der Waals surface area contributed by atoms with Gasteiger partial charge in [0.15, 0.2) is 0 Å². The molecule has 1 aliphatic rings. The van der Waals surface area contributed by atoms with E-state index in [1.807, 2.05) is 4.90 Å². The number of carbonyl (C=O) groups excluding carboxylic acids is 1.